The van der Waals surface area contributed by atoms with Crippen LogP contribution in [0.5, 0.6) is 0 Å². The van der Waals surface area contributed by atoms with Gasteiger partial charge in [-0.15, -0.1) is 0 Å². The third kappa shape index (κ3) is 4.05. The van der Waals surface area contributed by atoms with Crippen LogP contribution in [-0.4, -0.2) is 21.7 Å². The lowest BCUT2D eigenvalue weighted by atomic mass is 10.1. The maximum absolute atomic E-state index is 13.8. The van der Waals surface area contributed by atoms with Crippen molar-refractivity contribution in [2.45, 2.75) is 25.6 Å². The lowest BCUT2D eigenvalue weighted by Crippen LogP contribution is -2.32. The van der Waals surface area contributed by atoms with Gasteiger partial charge in [0.05, 0.1) is 23.7 Å². The van der Waals surface area contributed by atoms with Crippen molar-refractivity contribution in [2.24, 2.45) is 0 Å². The number of benzene rings is 2. The van der Waals surface area contributed by atoms with Gasteiger partial charge in [0.1, 0.15) is 11.6 Å². The highest BCUT2D eigenvalue weighted by atomic mass is 19.1. The van der Waals surface area contributed by atoms with Gasteiger partial charge in [-0.3, -0.25) is 14.6 Å². The summed E-state index contributed by atoms with van der Waals surface area (Å²) < 4.78 is 27.0. The summed E-state index contributed by atoms with van der Waals surface area (Å²) in [7, 11) is 0. The van der Waals surface area contributed by atoms with Crippen LogP contribution in [0, 0.1) is 11.6 Å². The van der Waals surface area contributed by atoms with Gasteiger partial charge < -0.3 is 10.2 Å². The fourth-order valence-electron chi connectivity index (χ4n) is 3.57. The predicted octanol–water partition coefficient (Wildman–Crippen LogP) is 3.76. The Labute approximate surface area is 172 Å². The number of aromatic nitrogens is 1. The molecule has 3 aromatic rings. The highest BCUT2D eigenvalue weighted by molar-refractivity contribution is 5.99. The van der Waals surface area contributed by atoms with Crippen molar-refractivity contribution < 1.29 is 18.4 Å². The first-order valence-electron chi connectivity index (χ1n) is 9.53. The van der Waals surface area contributed by atoms with Crippen molar-refractivity contribution in [3.63, 3.8) is 0 Å². The SMILES string of the molecule is O=C(CC1c2ncccc2C(=O)N1Cc1ccc(F)cc1)NCc1ccccc1F. The number of carbonyl (C=O) groups excluding carboxylic acids is 2. The van der Waals surface area contributed by atoms with Crippen molar-refractivity contribution in [3.05, 3.63) is 101 Å². The van der Waals surface area contributed by atoms with Crippen LogP contribution in [-0.2, 0) is 17.9 Å². The molecular formula is C23H19F2N3O2. The summed E-state index contributed by atoms with van der Waals surface area (Å²) in [4.78, 5) is 31.4. The summed E-state index contributed by atoms with van der Waals surface area (Å²) in [5, 5.41) is 2.71. The second-order valence-electron chi connectivity index (χ2n) is 7.08. The second-order valence-corrected chi connectivity index (χ2v) is 7.08. The molecule has 1 aliphatic heterocycles. The molecule has 7 heteroatoms. The molecule has 1 atom stereocenters. The highest BCUT2D eigenvalue weighted by Gasteiger charge is 2.38. The maximum atomic E-state index is 13.8. The van der Waals surface area contributed by atoms with Gasteiger partial charge in [-0.2, -0.15) is 0 Å². The van der Waals surface area contributed by atoms with Crippen LogP contribution in [0.15, 0.2) is 66.9 Å². The number of pyridine rings is 1. The molecule has 1 aromatic heterocycles. The van der Waals surface area contributed by atoms with Crippen molar-refractivity contribution in [1.82, 2.24) is 15.2 Å². The van der Waals surface area contributed by atoms with E-state index >= 15 is 0 Å². The topological polar surface area (TPSA) is 62.3 Å². The molecule has 1 N–H and O–H groups in total. The number of rotatable bonds is 6. The number of carbonyl (C=O) groups is 2. The van der Waals surface area contributed by atoms with E-state index in [1.54, 1.807) is 53.6 Å². The Morgan fingerprint density at radius 1 is 1.03 bits per heavy atom. The number of hydrogen-bond donors (Lipinski definition) is 1. The van der Waals surface area contributed by atoms with Crippen molar-refractivity contribution >= 4 is 11.8 Å². The van der Waals surface area contributed by atoms with Crippen molar-refractivity contribution in [2.75, 3.05) is 0 Å². The van der Waals surface area contributed by atoms with Gasteiger partial charge in [-0.1, -0.05) is 30.3 Å². The molecule has 1 unspecified atom stereocenters. The van der Waals surface area contributed by atoms with Crippen LogP contribution < -0.4 is 5.32 Å². The molecular weight excluding hydrogens is 388 g/mol. The number of halogens is 2. The molecule has 4 rings (SSSR count). The maximum Gasteiger partial charge on any atom is 0.256 e. The zero-order valence-corrected chi connectivity index (χ0v) is 16.0. The normalized spacial score (nSPS) is 15.2. The number of amides is 2. The molecule has 5 nitrogen and oxygen atoms in total. The van der Waals surface area contributed by atoms with E-state index in [9.17, 15) is 18.4 Å². The molecule has 1 aliphatic rings. The molecule has 0 aliphatic carbocycles. The van der Waals surface area contributed by atoms with E-state index in [1.807, 2.05) is 0 Å². The first-order chi connectivity index (χ1) is 14.5. The van der Waals surface area contributed by atoms with Crippen LogP contribution in [0.4, 0.5) is 8.78 Å². The minimum absolute atomic E-state index is 0.00853. The van der Waals surface area contributed by atoms with Gasteiger partial charge in [-0.05, 0) is 35.9 Å². The zero-order valence-electron chi connectivity index (χ0n) is 16.0. The smallest absolute Gasteiger partial charge is 0.256 e. The Hall–Kier alpha value is -3.61. The van der Waals surface area contributed by atoms with E-state index in [4.69, 9.17) is 0 Å². The van der Waals surface area contributed by atoms with Gasteiger partial charge in [0, 0.05) is 24.8 Å². The Balaban J connectivity index is 1.51. The van der Waals surface area contributed by atoms with Gasteiger partial charge in [0.25, 0.3) is 5.91 Å². The summed E-state index contributed by atoms with van der Waals surface area (Å²) in [6, 6.07) is 14.9. The van der Waals surface area contributed by atoms with E-state index in [0.29, 0.717) is 16.8 Å². The highest BCUT2D eigenvalue weighted by Crippen LogP contribution is 2.35. The van der Waals surface area contributed by atoms with Crippen LogP contribution in [0.2, 0.25) is 0 Å². The van der Waals surface area contributed by atoms with Gasteiger partial charge in [0.15, 0.2) is 0 Å². The Morgan fingerprint density at radius 3 is 2.57 bits per heavy atom. The number of hydrogen-bond acceptors (Lipinski definition) is 3. The minimum atomic E-state index is -0.556. The standard InChI is InChI=1S/C23H19F2N3O2/c24-17-9-7-15(8-10-17)14-28-20(22-18(23(28)30)5-3-11-26-22)12-21(29)27-13-16-4-1-2-6-19(16)25/h1-11,20H,12-14H2,(H,27,29). The molecule has 152 valence electrons. The first-order valence-corrected chi connectivity index (χ1v) is 9.53. The van der Waals surface area contributed by atoms with Gasteiger partial charge in [-0.25, -0.2) is 8.78 Å². The summed E-state index contributed by atoms with van der Waals surface area (Å²) in [5.41, 5.74) is 2.11. The van der Waals surface area contributed by atoms with E-state index in [2.05, 4.69) is 10.3 Å². The molecule has 0 bridgehead atoms. The Kier molecular flexibility index (Phi) is 5.52. The van der Waals surface area contributed by atoms with Crippen molar-refractivity contribution in [3.8, 4) is 0 Å². The summed E-state index contributed by atoms with van der Waals surface area (Å²) in [6.07, 6.45) is 1.57. The third-order valence-electron chi connectivity index (χ3n) is 5.10. The fraction of sp³-hybridized carbons (Fsp3) is 0.174. The molecule has 30 heavy (non-hydrogen) atoms. The van der Waals surface area contributed by atoms with Gasteiger partial charge in [0.2, 0.25) is 5.91 Å². The average Bonchev–Trinajstić information content (AvgIpc) is 3.01. The minimum Gasteiger partial charge on any atom is -0.352 e. The lowest BCUT2D eigenvalue weighted by Gasteiger charge is -2.24. The molecule has 0 saturated heterocycles. The van der Waals surface area contributed by atoms with Crippen LogP contribution in [0.25, 0.3) is 0 Å². The van der Waals surface area contributed by atoms with Gasteiger partial charge >= 0.3 is 0 Å². The van der Waals surface area contributed by atoms with E-state index in [-0.39, 0.29) is 37.1 Å². The summed E-state index contributed by atoms with van der Waals surface area (Å²) in [6.45, 7) is 0.278. The van der Waals surface area contributed by atoms with Crippen LogP contribution >= 0.6 is 0 Å². The summed E-state index contributed by atoms with van der Waals surface area (Å²) >= 11 is 0. The van der Waals surface area contributed by atoms with E-state index in [1.165, 1.54) is 18.2 Å². The zero-order chi connectivity index (χ0) is 21.1. The predicted molar refractivity (Wildman–Crippen MR) is 106 cm³/mol. The lowest BCUT2D eigenvalue weighted by molar-refractivity contribution is -0.122. The Bertz CT molecular complexity index is 1090. The largest absolute Gasteiger partial charge is 0.352 e. The summed E-state index contributed by atoms with van der Waals surface area (Å²) in [5.74, 6) is -1.30. The number of nitrogens with one attached hydrogen (secondary N) is 1. The van der Waals surface area contributed by atoms with E-state index in [0.717, 1.165) is 5.56 Å². The molecule has 0 spiro atoms. The quantitative estimate of drug-likeness (QED) is 0.677. The molecule has 2 amide bonds. The van der Waals surface area contributed by atoms with E-state index < -0.39 is 11.9 Å². The molecule has 0 saturated carbocycles. The number of fused-ring (bicyclic) bond motifs is 1. The molecule has 0 radical (unpaired) electrons. The molecule has 0 fully saturated rings. The molecule has 2 heterocycles. The van der Waals surface area contributed by atoms with Crippen LogP contribution in [0.1, 0.15) is 39.6 Å². The monoisotopic (exact) mass is 407 g/mol. The molecule has 2 aromatic carbocycles. The van der Waals surface area contributed by atoms with Crippen LogP contribution in [0.3, 0.4) is 0 Å². The van der Waals surface area contributed by atoms with Crippen molar-refractivity contribution in [1.29, 1.82) is 0 Å². The third-order valence-corrected chi connectivity index (χ3v) is 5.10. The second kappa shape index (κ2) is 8.41. The number of nitrogens with zero attached hydrogens (tertiary/aromatic N) is 2. The first kappa shape index (κ1) is 19.7. The average molecular weight is 407 g/mol. The fourth-order valence-corrected chi connectivity index (χ4v) is 3.57. The Morgan fingerprint density at radius 2 is 1.80 bits per heavy atom.